The second-order valence-electron chi connectivity index (χ2n) is 6.20. The van der Waals surface area contributed by atoms with Gasteiger partial charge < -0.3 is 10.2 Å². The molecule has 1 aliphatic heterocycles. The van der Waals surface area contributed by atoms with Crippen LogP contribution in [0.3, 0.4) is 0 Å². The molecule has 1 N–H and O–H groups in total. The van der Waals surface area contributed by atoms with Crippen molar-refractivity contribution < 1.29 is 4.79 Å². The smallest absolute Gasteiger partial charge is 0.324 e. The number of rotatable bonds is 4. The number of aromatic nitrogens is 2. The predicted octanol–water partition coefficient (Wildman–Crippen LogP) is 3.76. The number of amides is 2. The van der Waals surface area contributed by atoms with E-state index in [1.165, 1.54) is 0 Å². The molecule has 6 heteroatoms. The Kier molecular flexibility index (Phi) is 4.23. The third-order valence-electron chi connectivity index (χ3n) is 4.38. The maximum Gasteiger partial charge on any atom is 0.324 e. The van der Waals surface area contributed by atoms with Crippen molar-refractivity contribution in [3.63, 3.8) is 0 Å². The molecule has 1 aliphatic rings. The largest absolute Gasteiger partial charge is 0.339 e. The van der Waals surface area contributed by atoms with Gasteiger partial charge in [0, 0.05) is 37.1 Å². The standard InChI is InChI=1S/C20H19N5O/c1-24-12-13-25(20(24)26)17-9-5-8-16(14-17)21-19-11-10-18(22-23-19)15-6-3-2-4-7-15/h2-11,14H,12-13H2,1H3,(H,21,23). The molecule has 2 heterocycles. The van der Waals surface area contributed by atoms with Gasteiger partial charge in [-0.15, -0.1) is 10.2 Å². The molecule has 1 aromatic heterocycles. The highest BCUT2D eigenvalue weighted by molar-refractivity contribution is 5.94. The van der Waals surface area contributed by atoms with E-state index in [0.717, 1.165) is 29.2 Å². The van der Waals surface area contributed by atoms with Crippen LogP contribution in [0.2, 0.25) is 0 Å². The summed E-state index contributed by atoms with van der Waals surface area (Å²) in [6.07, 6.45) is 0. The number of carbonyl (C=O) groups excluding carboxylic acids is 1. The van der Waals surface area contributed by atoms with Gasteiger partial charge in [-0.3, -0.25) is 4.90 Å². The SMILES string of the molecule is CN1CCN(c2cccc(Nc3ccc(-c4ccccc4)nn3)c2)C1=O. The number of anilines is 3. The van der Waals surface area contributed by atoms with Crippen LogP contribution in [0, 0.1) is 0 Å². The molecule has 1 fully saturated rings. The highest BCUT2D eigenvalue weighted by Gasteiger charge is 2.26. The van der Waals surface area contributed by atoms with Crippen LogP contribution in [0.5, 0.6) is 0 Å². The summed E-state index contributed by atoms with van der Waals surface area (Å²) in [5.74, 6) is 0.659. The number of likely N-dealkylation sites (N-methyl/N-ethyl adjacent to an activating group) is 1. The summed E-state index contributed by atoms with van der Waals surface area (Å²) in [7, 11) is 1.81. The van der Waals surface area contributed by atoms with E-state index >= 15 is 0 Å². The number of hydrogen-bond acceptors (Lipinski definition) is 4. The van der Waals surface area contributed by atoms with Crippen LogP contribution < -0.4 is 10.2 Å². The average molecular weight is 345 g/mol. The Morgan fingerprint density at radius 2 is 1.77 bits per heavy atom. The molecule has 0 radical (unpaired) electrons. The zero-order valence-corrected chi connectivity index (χ0v) is 14.5. The first-order valence-corrected chi connectivity index (χ1v) is 8.49. The van der Waals surface area contributed by atoms with Crippen LogP contribution in [0.1, 0.15) is 0 Å². The fourth-order valence-corrected chi connectivity index (χ4v) is 2.95. The summed E-state index contributed by atoms with van der Waals surface area (Å²) in [6.45, 7) is 1.44. The summed E-state index contributed by atoms with van der Waals surface area (Å²) in [4.78, 5) is 15.6. The summed E-state index contributed by atoms with van der Waals surface area (Å²) in [6, 6.07) is 21.6. The van der Waals surface area contributed by atoms with Crippen molar-refractivity contribution in [3.8, 4) is 11.3 Å². The van der Waals surface area contributed by atoms with Crippen molar-refractivity contribution in [1.29, 1.82) is 0 Å². The van der Waals surface area contributed by atoms with Gasteiger partial charge >= 0.3 is 6.03 Å². The van der Waals surface area contributed by atoms with Gasteiger partial charge in [0.05, 0.1) is 5.69 Å². The van der Waals surface area contributed by atoms with Crippen LogP contribution in [0.4, 0.5) is 22.0 Å². The molecule has 6 nitrogen and oxygen atoms in total. The molecular weight excluding hydrogens is 326 g/mol. The molecule has 0 bridgehead atoms. The number of urea groups is 1. The van der Waals surface area contributed by atoms with Crippen molar-refractivity contribution in [3.05, 3.63) is 66.7 Å². The molecule has 1 saturated heterocycles. The van der Waals surface area contributed by atoms with Gasteiger partial charge in [-0.25, -0.2) is 4.79 Å². The molecule has 130 valence electrons. The highest BCUT2D eigenvalue weighted by atomic mass is 16.2. The first kappa shape index (κ1) is 16.1. The minimum Gasteiger partial charge on any atom is -0.339 e. The quantitative estimate of drug-likeness (QED) is 0.782. The minimum absolute atomic E-state index is 0.0224. The van der Waals surface area contributed by atoms with E-state index in [9.17, 15) is 4.79 Å². The van der Waals surface area contributed by atoms with Gasteiger partial charge in [-0.1, -0.05) is 36.4 Å². The normalized spacial score (nSPS) is 14.0. The Morgan fingerprint density at radius 3 is 2.46 bits per heavy atom. The summed E-state index contributed by atoms with van der Waals surface area (Å²) in [5, 5.41) is 11.8. The molecule has 0 spiro atoms. The van der Waals surface area contributed by atoms with E-state index in [4.69, 9.17) is 0 Å². The molecular formula is C20H19N5O. The molecule has 0 atom stereocenters. The molecule has 3 aromatic rings. The third kappa shape index (κ3) is 3.21. The van der Waals surface area contributed by atoms with Crippen molar-refractivity contribution in [1.82, 2.24) is 15.1 Å². The van der Waals surface area contributed by atoms with Crippen LogP contribution in [-0.2, 0) is 0 Å². The molecule has 0 aliphatic carbocycles. The number of hydrogen-bond donors (Lipinski definition) is 1. The summed E-state index contributed by atoms with van der Waals surface area (Å²) in [5.41, 5.74) is 3.60. The lowest BCUT2D eigenvalue weighted by Gasteiger charge is -2.17. The first-order valence-electron chi connectivity index (χ1n) is 8.49. The lowest BCUT2D eigenvalue weighted by Crippen LogP contribution is -2.29. The highest BCUT2D eigenvalue weighted by Crippen LogP contribution is 2.25. The minimum atomic E-state index is 0.0224. The lowest BCUT2D eigenvalue weighted by molar-refractivity contribution is 0.229. The zero-order chi connectivity index (χ0) is 17.9. The number of benzene rings is 2. The van der Waals surface area contributed by atoms with Gasteiger partial charge in [0.2, 0.25) is 0 Å². The Bertz CT molecular complexity index is 911. The van der Waals surface area contributed by atoms with E-state index in [1.807, 2.05) is 73.8 Å². The number of nitrogens with one attached hydrogen (secondary N) is 1. The Morgan fingerprint density at radius 1 is 0.923 bits per heavy atom. The molecule has 26 heavy (non-hydrogen) atoms. The van der Waals surface area contributed by atoms with Crippen molar-refractivity contribution in [2.24, 2.45) is 0 Å². The summed E-state index contributed by atoms with van der Waals surface area (Å²) < 4.78 is 0. The third-order valence-corrected chi connectivity index (χ3v) is 4.38. The Balaban J connectivity index is 1.51. The predicted molar refractivity (Wildman–Crippen MR) is 103 cm³/mol. The fourth-order valence-electron chi connectivity index (χ4n) is 2.95. The number of nitrogens with zero attached hydrogens (tertiary/aromatic N) is 4. The lowest BCUT2D eigenvalue weighted by atomic mass is 10.1. The molecule has 4 rings (SSSR count). The second kappa shape index (κ2) is 6.84. The monoisotopic (exact) mass is 345 g/mol. The molecule has 0 saturated carbocycles. The van der Waals surface area contributed by atoms with E-state index in [-0.39, 0.29) is 6.03 Å². The van der Waals surface area contributed by atoms with E-state index in [1.54, 1.807) is 9.80 Å². The maximum absolute atomic E-state index is 12.2. The van der Waals surface area contributed by atoms with Gasteiger partial charge in [0.1, 0.15) is 0 Å². The van der Waals surface area contributed by atoms with Gasteiger partial charge in [-0.05, 0) is 30.3 Å². The van der Waals surface area contributed by atoms with Gasteiger partial charge in [0.25, 0.3) is 0 Å². The zero-order valence-electron chi connectivity index (χ0n) is 14.5. The van der Waals surface area contributed by atoms with Gasteiger partial charge in [-0.2, -0.15) is 0 Å². The molecule has 0 unspecified atom stereocenters. The Labute approximate surface area is 152 Å². The second-order valence-corrected chi connectivity index (χ2v) is 6.20. The van der Waals surface area contributed by atoms with Crippen LogP contribution in [0.25, 0.3) is 11.3 Å². The Hall–Kier alpha value is -3.41. The van der Waals surface area contributed by atoms with Crippen molar-refractivity contribution in [2.45, 2.75) is 0 Å². The van der Waals surface area contributed by atoms with E-state index in [0.29, 0.717) is 12.4 Å². The van der Waals surface area contributed by atoms with Crippen molar-refractivity contribution in [2.75, 3.05) is 30.4 Å². The summed E-state index contributed by atoms with van der Waals surface area (Å²) >= 11 is 0. The van der Waals surface area contributed by atoms with Crippen molar-refractivity contribution >= 4 is 23.2 Å². The van der Waals surface area contributed by atoms with Gasteiger partial charge in [0.15, 0.2) is 5.82 Å². The maximum atomic E-state index is 12.2. The fraction of sp³-hybridized carbons (Fsp3) is 0.150. The molecule has 2 aromatic carbocycles. The number of carbonyl (C=O) groups is 1. The first-order chi connectivity index (χ1) is 12.7. The van der Waals surface area contributed by atoms with E-state index < -0.39 is 0 Å². The van der Waals surface area contributed by atoms with Crippen LogP contribution in [0.15, 0.2) is 66.7 Å². The molecule has 2 amide bonds. The van der Waals surface area contributed by atoms with Crippen LogP contribution in [-0.4, -0.2) is 41.3 Å². The average Bonchev–Trinajstić information content (AvgIpc) is 3.02. The van der Waals surface area contributed by atoms with E-state index in [2.05, 4.69) is 15.5 Å². The topological polar surface area (TPSA) is 61.4 Å². The van der Waals surface area contributed by atoms with Crippen LogP contribution >= 0.6 is 0 Å².